The van der Waals surface area contributed by atoms with Crippen molar-refractivity contribution in [2.75, 3.05) is 12.8 Å². The molecule has 2 N–H and O–H groups in total. The van der Waals surface area contributed by atoms with E-state index in [0.717, 1.165) is 0 Å². The van der Waals surface area contributed by atoms with Crippen LogP contribution in [-0.4, -0.2) is 16.7 Å². The number of aromatic nitrogens is 2. The number of nitrogens with two attached hydrogens (primary N) is 1. The molecule has 0 aliphatic rings. The molecule has 1 aromatic heterocycles. The van der Waals surface area contributed by atoms with Gasteiger partial charge in [-0.2, -0.15) is 5.26 Å². The van der Waals surface area contributed by atoms with Crippen molar-refractivity contribution in [2.24, 2.45) is 0 Å². The number of anilines is 1. The molecule has 0 spiro atoms. The lowest BCUT2D eigenvalue weighted by molar-refractivity contribution is 0.415. The maximum absolute atomic E-state index is 13.8. The van der Waals surface area contributed by atoms with E-state index in [2.05, 4.69) is 4.98 Å². The molecule has 0 amide bonds. The average Bonchev–Trinajstić information content (AvgIpc) is 2.81. The van der Waals surface area contributed by atoms with Crippen LogP contribution in [0.25, 0.3) is 16.7 Å². The summed E-state index contributed by atoms with van der Waals surface area (Å²) in [6.45, 7) is 0. The van der Waals surface area contributed by atoms with Gasteiger partial charge in [-0.15, -0.1) is 0 Å². The number of imidazole rings is 1. The molecule has 21 heavy (non-hydrogen) atoms. The molecule has 0 fully saturated rings. The zero-order valence-corrected chi connectivity index (χ0v) is 11.2. The van der Waals surface area contributed by atoms with Crippen LogP contribution in [-0.2, 0) is 0 Å². The Morgan fingerprint density at radius 1 is 1.33 bits per heavy atom. The fourth-order valence-corrected chi connectivity index (χ4v) is 2.27. The van der Waals surface area contributed by atoms with Gasteiger partial charge in [0.1, 0.15) is 23.2 Å². The normalized spacial score (nSPS) is 10.5. The Morgan fingerprint density at radius 2 is 2.14 bits per heavy atom. The highest BCUT2D eigenvalue weighted by atomic mass is 19.1. The second-order valence-electron chi connectivity index (χ2n) is 4.41. The summed E-state index contributed by atoms with van der Waals surface area (Å²) in [5.41, 5.74) is 7.51. The molecule has 0 saturated carbocycles. The minimum atomic E-state index is -0.593. The van der Waals surface area contributed by atoms with Gasteiger partial charge in [0.25, 0.3) is 0 Å². The number of hydrogen-bond donors (Lipinski definition) is 1. The van der Waals surface area contributed by atoms with Gasteiger partial charge in [0, 0.05) is 6.07 Å². The van der Waals surface area contributed by atoms with Crippen LogP contribution in [0.3, 0.4) is 0 Å². The first-order valence-corrected chi connectivity index (χ1v) is 6.16. The summed E-state index contributed by atoms with van der Waals surface area (Å²) in [5.74, 6) is 0.233. The van der Waals surface area contributed by atoms with Gasteiger partial charge in [-0.1, -0.05) is 6.07 Å². The monoisotopic (exact) mass is 282 g/mol. The molecular weight excluding hydrogens is 271 g/mol. The van der Waals surface area contributed by atoms with Crippen molar-refractivity contribution in [2.45, 2.75) is 0 Å². The standard InChI is InChI=1S/C15H11FN4O/c1-21-9-5-6-14-12(7-9)19-15(18)20(14)13-4-2-3-11(16)10(13)8-17/h2-7H,1H3,(H2,18,19). The first kappa shape index (κ1) is 12.9. The SMILES string of the molecule is COc1ccc2c(c1)nc(N)n2-c1cccc(F)c1C#N. The molecule has 0 unspecified atom stereocenters. The fraction of sp³-hybridized carbons (Fsp3) is 0.0667. The van der Waals surface area contributed by atoms with Crippen LogP contribution in [0.2, 0.25) is 0 Å². The lowest BCUT2D eigenvalue weighted by Crippen LogP contribution is -2.04. The molecule has 5 nitrogen and oxygen atoms in total. The van der Waals surface area contributed by atoms with Gasteiger partial charge in [-0.05, 0) is 24.3 Å². The summed E-state index contributed by atoms with van der Waals surface area (Å²) >= 11 is 0. The van der Waals surface area contributed by atoms with Crippen molar-refractivity contribution in [3.05, 3.63) is 47.8 Å². The van der Waals surface area contributed by atoms with Crippen molar-refractivity contribution in [1.29, 1.82) is 5.26 Å². The fourth-order valence-electron chi connectivity index (χ4n) is 2.27. The van der Waals surface area contributed by atoms with Crippen molar-refractivity contribution >= 4 is 17.0 Å². The largest absolute Gasteiger partial charge is 0.497 e. The molecule has 0 aliphatic carbocycles. The predicted molar refractivity (Wildman–Crippen MR) is 76.7 cm³/mol. The molecular formula is C15H11FN4O. The molecule has 104 valence electrons. The lowest BCUT2D eigenvalue weighted by Gasteiger charge is -2.09. The summed E-state index contributed by atoms with van der Waals surface area (Å²) in [6.07, 6.45) is 0. The van der Waals surface area contributed by atoms with Crippen molar-refractivity contribution in [1.82, 2.24) is 9.55 Å². The van der Waals surface area contributed by atoms with Gasteiger partial charge in [0.15, 0.2) is 0 Å². The Balaban J connectivity index is 2.34. The first-order valence-electron chi connectivity index (χ1n) is 6.16. The zero-order valence-electron chi connectivity index (χ0n) is 11.2. The minimum absolute atomic E-state index is 0.0701. The van der Waals surface area contributed by atoms with Crippen LogP contribution < -0.4 is 10.5 Å². The second kappa shape index (κ2) is 4.80. The molecule has 3 rings (SSSR count). The molecule has 0 radical (unpaired) electrons. The van der Waals surface area contributed by atoms with Crippen LogP contribution in [0.1, 0.15) is 5.56 Å². The van der Waals surface area contributed by atoms with Crippen LogP contribution in [0.5, 0.6) is 5.75 Å². The molecule has 0 saturated heterocycles. The number of nitriles is 1. The van der Waals surface area contributed by atoms with Crippen LogP contribution in [0.15, 0.2) is 36.4 Å². The van der Waals surface area contributed by atoms with Crippen molar-refractivity contribution < 1.29 is 9.13 Å². The van der Waals surface area contributed by atoms with E-state index >= 15 is 0 Å². The van der Waals surface area contributed by atoms with Gasteiger partial charge in [-0.3, -0.25) is 4.57 Å². The molecule has 6 heteroatoms. The van der Waals surface area contributed by atoms with Gasteiger partial charge in [-0.25, -0.2) is 9.37 Å². The Morgan fingerprint density at radius 3 is 2.86 bits per heavy atom. The van der Waals surface area contributed by atoms with E-state index in [9.17, 15) is 4.39 Å². The quantitative estimate of drug-likeness (QED) is 0.783. The highest BCUT2D eigenvalue weighted by Crippen LogP contribution is 2.28. The van der Waals surface area contributed by atoms with E-state index < -0.39 is 5.82 Å². The number of methoxy groups -OCH3 is 1. The topological polar surface area (TPSA) is 76.9 Å². The Labute approximate surface area is 120 Å². The van der Waals surface area contributed by atoms with Gasteiger partial charge >= 0.3 is 0 Å². The van der Waals surface area contributed by atoms with Crippen molar-refractivity contribution in [3.8, 4) is 17.5 Å². The maximum atomic E-state index is 13.8. The average molecular weight is 282 g/mol. The minimum Gasteiger partial charge on any atom is -0.497 e. The van der Waals surface area contributed by atoms with E-state index in [1.54, 1.807) is 35.9 Å². The number of hydrogen-bond acceptors (Lipinski definition) is 4. The first-order chi connectivity index (χ1) is 10.2. The maximum Gasteiger partial charge on any atom is 0.205 e. The number of halogens is 1. The van der Waals surface area contributed by atoms with E-state index in [1.807, 2.05) is 6.07 Å². The van der Waals surface area contributed by atoms with Crippen LogP contribution in [0, 0.1) is 17.1 Å². The van der Waals surface area contributed by atoms with Gasteiger partial charge in [0.05, 0.1) is 23.8 Å². The molecule has 0 aliphatic heterocycles. The number of benzene rings is 2. The molecule has 2 aromatic carbocycles. The smallest absolute Gasteiger partial charge is 0.205 e. The number of rotatable bonds is 2. The molecule has 0 atom stereocenters. The Kier molecular flexibility index (Phi) is 2.95. The van der Waals surface area contributed by atoms with E-state index in [1.165, 1.54) is 12.1 Å². The highest BCUT2D eigenvalue weighted by Gasteiger charge is 2.16. The van der Waals surface area contributed by atoms with Crippen LogP contribution >= 0.6 is 0 Å². The van der Waals surface area contributed by atoms with Crippen LogP contribution in [0.4, 0.5) is 10.3 Å². The van der Waals surface area contributed by atoms with E-state index in [-0.39, 0.29) is 11.5 Å². The third-order valence-electron chi connectivity index (χ3n) is 3.23. The third kappa shape index (κ3) is 1.96. The summed E-state index contributed by atoms with van der Waals surface area (Å²) in [6, 6.07) is 11.5. The molecule has 0 bridgehead atoms. The summed E-state index contributed by atoms with van der Waals surface area (Å²) in [7, 11) is 1.56. The molecule has 1 heterocycles. The number of nitrogens with zero attached hydrogens (tertiary/aromatic N) is 3. The van der Waals surface area contributed by atoms with Crippen molar-refractivity contribution in [3.63, 3.8) is 0 Å². The van der Waals surface area contributed by atoms with Gasteiger partial charge in [0.2, 0.25) is 5.95 Å². The Hall–Kier alpha value is -3.07. The predicted octanol–water partition coefficient (Wildman–Crippen LogP) is 2.63. The highest BCUT2D eigenvalue weighted by molar-refractivity contribution is 5.82. The molecule has 3 aromatic rings. The zero-order chi connectivity index (χ0) is 15.0. The van der Waals surface area contributed by atoms with E-state index in [4.69, 9.17) is 15.7 Å². The summed E-state index contributed by atoms with van der Waals surface area (Å²) in [5, 5.41) is 9.16. The number of nitrogen functional groups attached to an aromatic ring is 1. The third-order valence-corrected chi connectivity index (χ3v) is 3.23. The second-order valence-corrected chi connectivity index (χ2v) is 4.41. The number of ether oxygens (including phenoxy) is 1. The van der Waals surface area contributed by atoms with E-state index in [0.29, 0.717) is 22.5 Å². The number of fused-ring (bicyclic) bond motifs is 1. The summed E-state index contributed by atoms with van der Waals surface area (Å²) < 4.78 is 20.5. The summed E-state index contributed by atoms with van der Waals surface area (Å²) in [4.78, 5) is 4.23. The Bertz CT molecular complexity index is 879. The van der Waals surface area contributed by atoms with Gasteiger partial charge < -0.3 is 10.5 Å². The lowest BCUT2D eigenvalue weighted by atomic mass is 10.1.